The summed E-state index contributed by atoms with van der Waals surface area (Å²) in [7, 11) is 0. The molecule has 1 aromatic rings. The highest BCUT2D eigenvalue weighted by atomic mass is 127. The molecule has 0 spiro atoms. The lowest BCUT2D eigenvalue weighted by atomic mass is 10.3. The molecule has 0 bridgehead atoms. The van der Waals surface area contributed by atoms with E-state index in [-0.39, 0.29) is 24.0 Å². The third-order valence-corrected chi connectivity index (χ3v) is 2.21. The standard InChI is InChI=1S/C12H20N4.HI/c1-2-3-8-15-12(13)16-10-7-11-6-4-5-9-14-11;/h4-6,9H,2-3,7-8,10H2,1H3,(H3,13,15,16);1H. The second kappa shape index (κ2) is 10.3. The van der Waals surface area contributed by atoms with Crippen LogP contribution in [0.1, 0.15) is 25.5 Å². The Morgan fingerprint density at radius 2 is 2.29 bits per heavy atom. The molecule has 0 aliphatic carbocycles. The van der Waals surface area contributed by atoms with Crippen molar-refractivity contribution in [2.24, 2.45) is 10.7 Å². The fourth-order valence-electron chi connectivity index (χ4n) is 1.28. The number of nitrogens with two attached hydrogens (primary N) is 1. The van der Waals surface area contributed by atoms with Crippen molar-refractivity contribution < 1.29 is 0 Å². The average Bonchev–Trinajstić information content (AvgIpc) is 2.31. The molecule has 17 heavy (non-hydrogen) atoms. The van der Waals surface area contributed by atoms with Crippen LogP contribution in [0, 0.1) is 0 Å². The van der Waals surface area contributed by atoms with Crippen LogP contribution < -0.4 is 11.1 Å². The summed E-state index contributed by atoms with van der Waals surface area (Å²) in [6.07, 6.45) is 4.90. The predicted octanol–water partition coefficient (Wildman–Crippen LogP) is 1.95. The van der Waals surface area contributed by atoms with Gasteiger partial charge in [-0.2, -0.15) is 0 Å². The minimum absolute atomic E-state index is 0. The van der Waals surface area contributed by atoms with Gasteiger partial charge in [-0.1, -0.05) is 19.4 Å². The van der Waals surface area contributed by atoms with Crippen LogP contribution in [0.25, 0.3) is 0 Å². The Morgan fingerprint density at radius 3 is 2.94 bits per heavy atom. The van der Waals surface area contributed by atoms with Crippen molar-refractivity contribution in [1.82, 2.24) is 10.3 Å². The fraction of sp³-hybridized carbons (Fsp3) is 0.500. The van der Waals surface area contributed by atoms with Crippen LogP contribution in [0.3, 0.4) is 0 Å². The van der Waals surface area contributed by atoms with Crippen LogP contribution in [0.4, 0.5) is 0 Å². The van der Waals surface area contributed by atoms with Crippen molar-refractivity contribution in [2.45, 2.75) is 26.2 Å². The van der Waals surface area contributed by atoms with E-state index in [0.29, 0.717) is 5.96 Å². The summed E-state index contributed by atoms with van der Waals surface area (Å²) in [5.41, 5.74) is 6.76. The molecule has 5 heteroatoms. The second-order valence-corrected chi connectivity index (χ2v) is 3.62. The van der Waals surface area contributed by atoms with Crippen molar-refractivity contribution in [2.75, 3.05) is 13.1 Å². The van der Waals surface area contributed by atoms with Crippen LogP contribution in [-0.2, 0) is 6.42 Å². The van der Waals surface area contributed by atoms with E-state index in [4.69, 9.17) is 5.73 Å². The molecule has 0 saturated heterocycles. The second-order valence-electron chi connectivity index (χ2n) is 3.62. The monoisotopic (exact) mass is 348 g/mol. The van der Waals surface area contributed by atoms with E-state index in [9.17, 15) is 0 Å². The smallest absolute Gasteiger partial charge is 0.188 e. The van der Waals surface area contributed by atoms with E-state index in [1.54, 1.807) is 6.20 Å². The highest BCUT2D eigenvalue weighted by molar-refractivity contribution is 14.0. The molecule has 0 atom stereocenters. The van der Waals surface area contributed by atoms with Crippen molar-refractivity contribution in [3.63, 3.8) is 0 Å². The molecule has 3 N–H and O–H groups in total. The van der Waals surface area contributed by atoms with Crippen LogP contribution in [-0.4, -0.2) is 24.0 Å². The number of aromatic nitrogens is 1. The zero-order valence-electron chi connectivity index (χ0n) is 10.2. The number of pyridine rings is 1. The molecule has 96 valence electrons. The fourth-order valence-corrected chi connectivity index (χ4v) is 1.28. The minimum atomic E-state index is 0. The summed E-state index contributed by atoms with van der Waals surface area (Å²) in [5, 5.41) is 3.08. The minimum Gasteiger partial charge on any atom is -0.370 e. The van der Waals surface area contributed by atoms with Crippen molar-refractivity contribution in [3.8, 4) is 0 Å². The Balaban J connectivity index is 0.00000256. The van der Waals surface area contributed by atoms with Gasteiger partial charge in [-0.25, -0.2) is 0 Å². The summed E-state index contributed by atoms with van der Waals surface area (Å²) in [5.74, 6) is 0.532. The number of unbranched alkanes of at least 4 members (excludes halogenated alkanes) is 1. The topological polar surface area (TPSA) is 63.3 Å². The largest absolute Gasteiger partial charge is 0.370 e. The first-order chi connectivity index (χ1) is 7.83. The summed E-state index contributed by atoms with van der Waals surface area (Å²) in [6, 6.07) is 5.91. The summed E-state index contributed by atoms with van der Waals surface area (Å²) in [4.78, 5) is 8.44. The number of rotatable bonds is 6. The van der Waals surface area contributed by atoms with E-state index in [1.807, 2.05) is 18.2 Å². The van der Waals surface area contributed by atoms with Gasteiger partial charge in [-0.15, -0.1) is 24.0 Å². The van der Waals surface area contributed by atoms with Gasteiger partial charge in [0.2, 0.25) is 0 Å². The molecule has 0 saturated carbocycles. The van der Waals surface area contributed by atoms with Crippen LogP contribution in [0.15, 0.2) is 29.4 Å². The van der Waals surface area contributed by atoms with E-state index in [1.165, 1.54) is 0 Å². The highest BCUT2D eigenvalue weighted by Gasteiger charge is 1.94. The van der Waals surface area contributed by atoms with E-state index >= 15 is 0 Å². The number of nitrogens with one attached hydrogen (secondary N) is 1. The Kier molecular flexibility index (Phi) is 9.80. The molecule has 1 rings (SSSR count). The molecule has 0 amide bonds. The van der Waals surface area contributed by atoms with Crippen molar-refractivity contribution >= 4 is 29.9 Å². The SMILES string of the molecule is CCCCN=C(N)NCCc1ccccn1.I. The van der Waals surface area contributed by atoms with Crippen molar-refractivity contribution in [1.29, 1.82) is 0 Å². The first-order valence-corrected chi connectivity index (χ1v) is 5.76. The van der Waals surface area contributed by atoms with Gasteiger partial charge in [0, 0.05) is 31.4 Å². The third kappa shape index (κ3) is 7.95. The number of aliphatic imine (C=N–C) groups is 1. The normalized spacial score (nSPS) is 10.8. The van der Waals surface area contributed by atoms with Gasteiger partial charge in [0.1, 0.15) is 0 Å². The van der Waals surface area contributed by atoms with Gasteiger partial charge in [0.15, 0.2) is 5.96 Å². The lowest BCUT2D eigenvalue weighted by molar-refractivity contribution is 0.787. The molecule has 0 aliphatic heterocycles. The Labute approximate surface area is 120 Å². The van der Waals surface area contributed by atoms with Crippen molar-refractivity contribution in [3.05, 3.63) is 30.1 Å². The molecular formula is C12H21IN4. The molecule has 0 aliphatic rings. The Hall–Kier alpha value is -0.850. The Bertz CT molecular complexity index is 314. The zero-order chi connectivity index (χ0) is 11.6. The number of halogens is 1. The molecule has 1 heterocycles. The first kappa shape index (κ1) is 16.1. The molecular weight excluding hydrogens is 327 g/mol. The molecule has 0 unspecified atom stereocenters. The molecule has 0 fully saturated rings. The molecule has 0 aromatic carbocycles. The Morgan fingerprint density at radius 1 is 1.47 bits per heavy atom. The van der Waals surface area contributed by atoms with E-state index < -0.39 is 0 Å². The predicted molar refractivity (Wildman–Crippen MR) is 82.8 cm³/mol. The average molecular weight is 348 g/mol. The number of guanidine groups is 1. The first-order valence-electron chi connectivity index (χ1n) is 5.76. The van der Waals surface area contributed by atoms with Crippen LogP contribution in [0.5, 0.6) is 0 Å². The van der Waals surface area contributed by atoms with Gasteiger partial charge in [0.25, 0.3) is 0 Å². The maximum Gasteiger partial charge on any atom is 0.188 e. The van der Waals surface area contributed by atoms with Gasteiger partial charge < -0.3 is 11.1 Å². The van der Waals surface area contributed by atoms with E-state index in [2.05, 4.69) is 22.2 Å². The third-order valence-electron chi connectivity index (χ3n) is 2.21. The lowest BCUT2D eigenvalue weighted by Crippen LogP contribution is -2.33. The van der Waals surface area contributed by atoms with Gasteiger partial charge in [0.05, 0.1) is 0 Å². The summed E-state index contributed by atoms with van der Waals surface area (Å²) < 4.78 is 0. The molecule has 0 radical (unpaired) electrons. The van der Waals surface area contributed by atoms with Crippen LogP contribution in [0.2, 0.25) is 0 Å². The maximum absolute atomic E-state index is 5.70. The molecule has 1 aromatic heterocycles. The lowest BCUT2D eigenvalue weighted by Gasteiger charge is -2.04. The number of hydrogen-bond donors (Lipinski definition) is 2. The van der Waals surface area contributed by atoms with Gasteiger partial charge in [-0.05, 0) is 18.6 Å². The quantitative estimate of drug-likeness (QED) is 0.358. The van der Waals surface area contributed by atoms with Gasteiger partial charge >= 0.3 is 0 Å². The summed E-state index contributed by atoms with van der Waals surface area (Å²) in [6.45, 7) is 3.72. The maximum atomic E-state index is 5.70. The highest BCUT2D eigenvalue weighted by Crippen LogP contribution is 1.92. The van der Waals surface area contributed by atoms with Gasteiger partial charge in [-0.3, -0.25) is 9.98 Å². The number of hydrogen-bond acceptors (Lipinski definition) is 2. The van der Waals surface area contributed by atoms with E-state index in [0.717, 1.165) is 38.0 Å². The van der Waals surface area contributed by atoms with Crippen LogP contribution >= 0.6 is 24.0 Å². The number of nitrogens with zero attached hydrogens (tertiary/aromatic N) is 2. The molecule has 4 nitrogen and oxygen atoms in total. The zero-order valence-corrected chi connectivity index (χ0v) is 12.6. The summed E-state index contributed by atoms with van der Waals surface area (Å²) >= 11 is 0.